The fourth-order valence-corrected chi connectivity index (χ4v) is 2.61. The lowest BCUT2D eigenvalue weighted by Gasteiger charge is -2.22. The van der Waals surface area contributed by atoms with Gasteiger partial charge in [0, 0.05) is 17.0 Å². The van der Waals surface area contributed by atoms with Gasteiger partial charge in [-0.25, -0.2) is 4.98 Å². The number of anilines is 2. The van der Waals surface area contributed by atoms with Crippen molar-refractivity contribution >= 4 is 33.3 Å². The van der Waals surface area contributed by atoms with Gasteiger partial charge in [0.1, 0.15) is 10.6 Å². The Morgan fingerprint density at radius 1 is 1.28 bits per heavy atom. The standard InChI is InChI=1S/C13H20N4S/c1-6-14-12-15-10(17-13(3,4)5)9-7-8(2)18-11(9)16-12/h7H,6H2,1-5H3,(H2,14,15,16,17). The van der Waals surface area contributed by atoms with Crippen LogP contribution in [0, 0.1) is 6.92 Å². The molecule has 0 aliphatic carbocycles. The molecular weight excluding hydrogens is 244 g/mol. The highest BCUT2D eigenvalue weighted by molar-refractivity contribution is 7.18. The minimum absolute atomic E-state index is 0.0133. The summed E-state index contributed by atoms with van der Waals surface area (Å²) < 4.78 is 0. The molecule has 2 aromatic heterocycles. The van der Waals surface area contributed by atoms with Crippen molar-refractivity contribution in [2.45, 2.75) is 40.2 Å². The maximum Gasteiger partial charge on any atom is 0.226 e. The van der Waals surface area contributed by atoms with Crippen LogP contribution in [0.5, 0.6) is 0 Å². The summed E-state index contributed by atoms with van der Waals surface area (Å²) in [6.07, 6.45) is 0. The van der Waals surface area contributed by atoms with Crippen LogP contribution in [0.15, 0.2) is 6.07 Å². The van der Waals surface area contributed by atoms with Crippen molar-refractivity contribution in [1.82, 2.24) is 9.97 Å². The number of aryl methyl sites for hydroxylation is 1. The minimum atomic E-state index is -0.0133. The van der Waals surface area contributed by atoms with Crippen molar-refractivity contribution in [2.75, 3.05) is 17.2 Å². The van der Waals surface area contributed by atoms with E-state index in [0.29, 0.717) is 5.95 Å². The Hall–Kier alpha value is -1.36. The van der Waals surface area contributed by atoms with Crippen LogP contribution in [0.2, 0.25) is 0 Å². The Balaban J connectivity index is 2.53. The molecule has 0 bridgehead atoms. The molecule has 0 atom stereocenters. The second kappa shape index (κ2) is 4.72. The number of fused-ring (bicyclic) bond motifs is 1. The molecule has 0 amide bonds. The maximum atomic E-state index is 4.56. The van der Waals surface area contributed by atoms with Crippen LogP contribution in [0.25, 0.3) is 10.2 Å². The first-order valence-electron chi connectivity index (χ1n) is 6.19. The zero-order valence-electron chi connectivity index (χ0n) is 11.6. The van der Waals surface area contributed by atoms with Gasteiger partial charge in [0.15, 0.2) is 0 Å². The summed E-state index contributed by atoms with van der Waals surface area (Å²) in [4.78, 5) is 11.4. The molecule has 0 radical (unpaired) electrons. The van der Waals surface area contributed by atoms with Crippen LogP contribution >= 0.6 is 11.3 Å². The third-order valence-electron chi connectivity index (χ3n) is 2.34. The molecule has 0 saturated carbocycles. The van der Waals surface area contributed by atoms with Gasteiger partial charge in [0.05, 0.1) is 5.39 Å². The van der Waals surface area contributed by atoms with Crippen molar-refractivity contribution in [3.05, 3.63) is 10.9 Å². The van der Waals surface area contributed by atoms with E-state index in [-0.39, 0.29) is 5.54 Å². The van der Waals surface area contributed by atoms with Gasteiger partial charge >= 0.3 is 0 Å². The molecule has 4 nitrogen and oxygen atoms in total. The van der Waals surface area contributed by atoms with Crippen molar-refractivity contribution in [3.63, 3.8) is 0 Å². The quantitative estimate of drug-likeness (QED) is 0.888. The van der Waals surface area contributed by atoms with Gasteiger partial charge in [-0.15, -0.1) is 11.3 Å². The summed E-state index contributed by atoms with van der Waals surface area (Å²) >= 11 is 1.70. The second-order valence-corrected chi connectivity index (χ2v) is 6.61. The van der Waals surface area contributed by atoms with Gasteiger partial charge in [0.2, 0.25) is 5.95 Å². The van der Waals surface area contributed by atoms with E-state index in [1.807, 2.05) is 6.92 Å². The molecule has 2 N–H and O–H groups in total. The van der Waals surface area contributed by atoms with E-state index in [4.69, 9.17) is 0 Å². The molecule has 0 saturated heterocycles. The van der Waals surface area contributed by atoms with E-state index >= 15 is 0 Å². The van der Waals surface area contributed by atoms with Gasteiger partial charge in [-0.05, 0) is 40.7 Å². The van der Waals surface area contributed by atoms with Gasteiger partial charge in [-0.2, -0.15) is 4.98 Å². The number of aromatic nitrogens is 2. The molecule has 0 fully saturated rings. The third kappa shape index (κ3) is 2.90. The number of hydrogen-bond donors (Lipinski definition) is 2. The minimum Gasteiger partial charge on any atom is -0.365 e. The normalized spacial score (nSPS) is 11.8. The van der Waals surface area contributed by atoms with E-state index in [9.17, 15) is 0 Å². The Kier molecular flexibility index (Phi) is 3.43. The summed E-state index contributed by atoms with van der Waals surface area (Å²) in [7, 11) is 0. The van der Waals surface area contributed by atoms with E-state index < -0.39 is 0 Å². The highest BCUT2D eigenvalue weighted by Crippen LogP contribution is 2.30. The first kappa shape index (κ1) is 13.1. The Morgan fingerprint density at radius 2 is 2.00 bits per heavy atom. The molecule has 2 heterocycles. The highest BCUT2D eigenvalue weighted by Gasteiger charge is 2.15. The molecule has 5 heteroatoms. The number of nitrogens with one attached hydrogen (secondary N) is 2. The van der Waals surface area contributed by atoms with E-state index in [1.165, 1.54) is 4.88 Å². The van der Waals surface area contributed by atoms with E-state index in [2.05, 4.69) is 54.4 Å². The molecule has 0 aliphatic heterocycles. The third-order valence-corrected chi connectivity index (χ3v) is 3.29. The molecule has 0 aliphatic rings. The lowest BCUT2D eigenvalue weighted by atomic mass is 10.1. The molecule has 0 aromatic carbocycles. The lowest BCUT2D eigenvalue weighted by Crippen LogP contribution is -2.27. The fraction of sp³-hybridized carbons (Fsp3) is 0.538. The number of nitrogens with zero attached hydrogens (tertiary/aromatic N) is 2. The van der Waals surface area contributed by atoms with Crippen LogP contribution in [0.3, 0.4) is 0 Å². The summed E-state index contributed by atoms with van der Waals surface area (Å²) in [5.41, 5.74) is -0.0133. The summed E-state index contributed by atoms with van der Waals surface area (Å²) in [5, 5.41) is 7.74. The van der Waals surface area contributed by atoms with Crippen molar-refractivity contribution in [3.8, 4) is 0 Å². The highest BCUT2D eigenvalue weighted by atomic mass is 32.1. The molecule has 2 rings (SSSR count). The van der Waals surface area contributed by atoms with E-state index in [1.54, 1.807) is 11.3 Å². The average molecular weight is 264 g/mol. The van der Waals surface area contributed by atoms with Gasteiger partial charge in [0.25, 0.3) is 0 Å². The van der Waals surface area contributed by atoms with Gasteiger partial charge < -0.3 is 10.6 Å². The lowest BCUT2D eigenvalue weighted by molar-refractivity contribution is 0.631. The van der Waals surface area contributed by atoms with Crippen molar-refractivity contribution in [1.29, 1.82) is 0 Å². The molecular formula is C13H20N4S. The number of thiophene rings is 1. The molecule has 2 aromatic rings. The van der Waals surface area contributed by atoms with Crippen LogP contribution in [0.4, 0.5) is 11.8 Å². The molecule has 0 spiro atoms. The zero-order chi connectivity index (χ0) is 13.3. The number of rotatable bonds is 3. The average Bonchev–Trinajstić information content (AvgIpc) is 2.57. The smallest absolute Gasteiger partial charge is 0.226 e. The van der Waals surface area contributed by atoms with E-state index in [0.717, 1.165) is 22.6 Å². The topological polar surface area (TPSA) is 49.8 Å². The summed E-state index contributed by atoms with van der Waals surface area (Å²) in [6.45, 7) is 11.4. The Morgan fingerprint density at radius 3 is 2.61 bits per heavy atom. The SMILES string of the molecule is CCNc1nc(NC(C)(C)C)c2cc(C)sc2n1. The van der Waals surface area contributed by atoms with Crippen LogP contribution < -0.4 is 10.6 Å². The molecule has 0 unspecified atom stereocenters. The number of hydrogen-bond acceptors (Lipinski definition) is 5. The second-order valence-electron chi connectivity index (χ2n) is 5.38. The largest absolute Gasteiger partial charge is 0.365 e. The van der Waals surface area contributed by atoms with Crippen LogP contribution in [-0.4, -0.2) is 22.1 Å². The monoisotopic (exact) mass is 264 g/mol. The Labute approximate surface area is 112 Å². The van der Waals surface area contributed by atoms with Crippen molar-refractivity contribution in [2.24, 2.45) is 0 Å². The summed E-state index contributed by atoms with van der Waals surface area (Å²) in [6, 6.07) is 2.14. The molecule has 98 valence electrons. The molecule has 18 heavy (non-hydrogen) atoms. The predicted octanol–water partition coefficient (Wildman–Crippen LogP) is 3.64. The van der Waals surface area contributed by atoms with Crippen LogP contribution in [0.1, 0.15) is 32.6 Å². The van der Waals surface area contributed by atoms with Gasteiger partial charge in [-0.3, -0.25) is 0 Å². The van der Waals surface area contributed by atoms with Gasteiger partial charge in [-0.1, -0.05) is 0 Å². The zero-order valence-corrected chi connectivity index (χ0v) is 12.4. The predicted molar refractivity (Wildman–Crippen MR) is 79.7 cm³/mol. The fourth-order valence-electron chi connectivity index (χ4n) is 1.73. The first-order chi connectivity index (χ1) is 8.39. The maximum absolute atomic E-state index is 4.56. The summed E-state index contributed by atoms with van der Waals surface area (Å²) in [5.74, 6) is 1.60. The first-order valence-corrected chi connectivity index (χ1v) is 7.01. The van der Waals surface area contributed by atoms with Crippen LogP contribution in [-0.2, 0) is 0 Å². The van der Waals surface area contributed by atoms with Crippen molar-refractivity contribution < 1.29 is 0 Å². The Bertz CT molecular complexity index is 554.